The molecule has 174 valence electrons. The highest BCUT2D eigenvalue weighted by Crippen LogP contribution is 2.36. The predicted molar refractivity (Wildman–Crippen MR) is 121 cm³/mol. The minimum absolute atomic E-state index is 0.0273. The molecule has 1 aliphatic rings. The minimum Gasteiger partial charge on any atom is -0.376 e. The number of carbonyl (C=O) groups is 1. The number of nitrogens with zero attached hydrogens (tertiary/aromatic N) is 2. The molecule has 1 aromatic heterocycles. The number of para-hydroxylation sites is 1. The van der Waals surface area contributed by atoms with E-state index in [1.165, 1.54) is 10.6 Å². The lowest BCUT2D eigenvalue weighted by Crippen LogP contribution is -2.29. The van der Waals surface area contributed by atoms with Crippen molar-refractivity contribution in [3.63, 3.8) is 0 Å². The van der Waals surface area contributed by atoms with Gasteiger partial charge in [-0.15, -0.1) is 0 Å². The number of carbonyl (C=O) groups excluding carboxylic acids is 1. The van der Waals surface area contributed by atoms with Crippen molar-refractivity contribution < 1.29 is 22.7 Å². The van der Waals surface area contributed by atoms with Gasteiger partial charge in [0, 0.05) is 12.3 Å². The Hall–Kier alpha value is -2.56. The second kappa shape index (κ2) is 9.74. The van der Waals surface area contributed by atoms with E-state index >= 15 is 0 Å². The van der Waals surface area contributed by atoms with Crippen molar-refractivity contribution in [2.75, 3.05) is 17.7 Å². The van der Waals surface area contributed by atoms with Crippen LogP contribution in [0.5, 0.6) is 0 Å². The normalized spacial score (nSPS) is 16.3. The lowest BCUT2D eigenvalue weighted by molar-refractivity contribution is -0.137. The third-order valence-electron chi connectivity index (χ3n) is 5.12. The van der Waals surface area contributed by atoms with Crippen molar-refractivity contribution in [1.29, 1.82) is 0 Å². The van der Waals surface area contributed by atoms with Crippen molar-refractivity contribution in [3.05, 3.63) is 63.4 Å². The van der Waals surface area contributed by atoms with E-state index in [0.717, 1.165) is 36.7 Å². The van der Waals surface area contributed by atoms with Crippen LogP contribution in [0.1, 0.15) is 18.4 Å². The smallest absolute Gasteiger partial charge is 0.376 e. The third-order valence-corrected chi connectivity index (χ3v) is 6.43. The van der Waals surface area contributed by atoms with Gasteiger partial charge >= 0.3 is 6.18 Å². The maximum absolute atomic E-state index is 13.1. The molecule has 33 heavy (non-hydrogen) atoms. The number of ether oxygens (including phenoxy) is 1. The zero-order valence-corrected chi connectivity index (χ0v) is 18.8. The first-order valence-electron chi connectivity index (χ1n) is 10.1. The molecule has 0 spiro atoms. The Morgan fingerprint density at radius 1 is 1.27 bits per heavy atom. The average Bonchev–Trinajstić information content (AvgIpc) is 3.28. The molecule has 1 amide bonds. The number of thioether (sulfide) groups is 1. The summed E-state index contributed by atoms with van der Waals surface area (Å²) >= 11 is 6.66. The fraction of sp³-hybridized carbons (Fsp3) is 0.318. The average molecular weight is 498 g/mol. The van der Waals surface area contributed by atoms with E-state index in [4.69, 9.17) is 16.3 Å². The van der Waals surface area contributed by atoms with Gasteiger partial charge in [-0.25, -0.2) is 4.98 Å². The van der Waals surface area contributed by atoms with Crippen LogP contribution in [0.4, 0.5) is 18.9 Å². The molecule has 1 fully saturated rings. The molecular formula is C22H19ClF3N3O3S. The SMILES string of the molecule is O=C(CSc1nc2ccccc2c(=O)n1CC1CCCO1)Nc1ccc(Cl)c(C(F)(F)F)c1. The highest BCUT2D eigenvalue weighted by atomic mass is 35.5. The van der Waals surface area contributed by atoms with E-state index < -0.39 is 22.7 Å². The van der Waals surface area contributed by atoms with Crippen LogP contribution < -0.4 is 10.9 Å². The lowest BCUT2D eigenvalue weighted by Gasteiger charge is -2.16. The van der Waals surface area contributed by atoms with Crippen LogP contribution in [0.3, 0.4) is 0 Å². The van der Waals surface area contributed by atoms with Gasteiger partial charge in [-0.1, -0.05) is 35.5 Å². The Bertz CT molecular complexity index is 1240. The van der Waals surface area contributed by atoms with Gasteiger partial charge in [-0.05, 0) is 43.2 Å². The van der Waals surface area contributed by atoms with E-state index in [9.17, 15) is 22.8 Å². The summed E-state index contributed by atoms with van der Waals surface area (Å²) in [6.07, 6.45) is -3.03. The Labute approximate surface area is 196 Å². The quantitative estimate of drug-likeness (QED) is 0.384. The molecule has 1 unspecified atom stereocenters. The second-order valence-corrected chi connectivity index (χ2v) is 8.84. The third kappa shape index (κ3) is 5.51. The van der Waals surface area contributed by atoms with E-state index in [0.29, 0.717) is 29.2 Å². The largest absolute Gasteiger partial charge is 0.417 e. The summed E-state index contributed by atoms with van der Waals surface area (Å²) in [5, 5.41) is 2.79. The molecule has 3 aromatic rings. The van der Waals surface area contributed by atoms with Crippen LogP contribution in [-0.4, -0.2) is 33.9 Å². The van der Waals surface area contributed by atoms with Gasteiger partial charge in [-0.3, -0.25) is 14.2 Å². The molecule has 1 saturated heterocycles. The van der Waals surface area contributed by atoms with Crippen molar-refractivity contribution in [3.8, 4) is 0 Å². The highest BCUT2D eigenvalue weighted by Gasteiger charge is 2.33. The van der Waals surface area contributed by atoms with Crippen LogP contribution in [0.15, 0.2) is 52.4 Å². The molecule has 1 atom stereocenters. The number of alkyl halides is 3. The number of hydrogen-bond acceptors (Lipinski definition) is 5. The Kier molecular flexibility index (Phi) is 6.96. The van der Waals surface area contributed by atoms with Gasteiger partial charge in [0.05, 0.1) is 39.9 Å². The molecule has 0 saturated carbocycles. The van der Waals surface area contributed by atoms with Crippen molar-refractivity contribution >= 4 is 45.9 Å². The number of hydrogen-bond donors (Lipinski definition) is 1. The number of aromatic nitrogens is 2. The van der Waals surface area contributed by atoms with Crippen molar-refractivity contribution in [1.82, 2.24) is 9.55 Å². The standard InChI is InChI=1S/C22H19ClF3N3O3S/c23-17-8-7-13(10-16(17)22(24,25)26)27-19(30)12-33-21-28-18-6-2-1-5-15(18)20(31)29(21)11-14-4-3-9-32-14/h1-2,5-8,10,14H,3-4,9,11-12H2,(H,27,30). The van der Waals surface area contributed by atoms with Crippen molar-refractivity contribution in [2.45, 2.75) is 36.8 Å². The summed E-state index contributed by atoms with van der Waals surface area (Å²) in [4.78, 5) is 30.1. The first-order valence-corrected chi connectivity index (χ1v) is 11.5. The number of nitrogens with one attached hydrogen (secondary N) is 1. The maximum Gasteiger partial charge on any atom is 0.417 e. The van der Waals surface area contributed by atoms with Crippen LogP contribution in [-0.2, 0) is 22.3 Å². The van der Waals surface area contributed by atoms with Gasteiger partial charge in [0.15, 0.2) is 5.16 Å². The monoisotopic (exact) mass is 497 g/mol. The van der Waals surface area contributed by atoms with E-state index in [1.807, 2.05) is 0 Å². The fourth-order valence-electron chi connectivity index (χ4n) is 3.56. The molecule has 0 bridgehead atoms. The first-order chi connectivity index (χ1) is 15.7. The van der Waals surface area contributed by atoms with Crippen molar-refractivity contribution in [2.24, 2.45) is 0 Å². The van der Waals surface area contributed by atoms with Gasteiger partial charge in [0.1, 0.15) is 0 Å². The molecule has 1 N–H and O–H groups in total. The van der Waals surface area contributed by atoms with Crippen LogP contribution in [0.2, 0.25) is 5.02 Å². The van der Waals surface area contributed by atoms with E-state index in [2.05, 4.69) is 10.3 Å². The van der Waals surface area contributed by atoms with Gasteiger partial charge in [-0.2, -0.15) is 13.2 Å². The number of benzene rings is 2. The zero-order chi connectivity index (χ0) is 23.6. The molecule has 0 aliphatic carbocycles. The zero-order valence-electron chi connectivity index (χ0n) is 17.2. The van der Waals surface area contributed by atoms with E-state index in [-0.39, 0.29) is 23.1 Å². The topological polar surface area (TPSA) is 73.2 Å². The summed E-state index contributed by atoms with van der Waals surface area (Å²) in [5.41, 5.74) is -0.787. The molecule has 6 nitrogen and oxygen atoms in total. The molecule has 2 heterocycles. The molecule has 2 aromatic carbocycles. The van der Waals surface area contributed by atoms with Gasteiger partial charge < -0.3 is 10.1 Å². The molecule has 4 rings (SSSR count). The maximum atomic E-state index is 13.1. The lowest BCUT2D eigenvalue weighted by atomic mass is 10.2. The summed E-state index contributed by atoms with van der Waals surface area (Å²) in [7, 11) is 0. The Morgan fingerprint density at radius 2 is 2.06 bits per heavy atom. The number of halogens is 4. The van der Waals surface area contributed by atoms with Crippen LogP contribution >= 0.6 is 23.4 Å². The summed E-state index contributed by atoms with van der Waals surface area (Å²) in [6.45, 7) is 0.944. The minimum atomic E-state index is -4.64. The molecule has 1 aliphatic heterocycles. The van der Waals surface area contributed by atoms with Crippen LogP contribution in [0, 0.1) is 0 Å². The number of anilines is 1. The summed E-state index contributed by atoms with van der Waals surface area (Å²) in [6, 6.07) is 10.1. The number of amides is 1. The Morgan fingerprint density at radius 3 is 2.79 bits per heavy atom. The molecular weight excluding hydrogens is 479 g/mol. The van der Waals surface area contributed by atoms with E-state index in [1.54, 1.807) is 24.3 Å². The summed E-state index contributed by atoms with van der Waals surface area (Å²) < 4.78 is 46.3. The first kappa shape index (κ1) is 23.6. The fourth-order valence-corrected chi connectivity index (χ4v) is 4.59. The second-order valence-electron chi connectivity index (χ2n) is 7.49. The molecule has 0 radical (unpaired) electrons. The molecule has 11 heteroatoms. The Balaban J connectivity index is 1.54. The van der Waals surface area contributed by atoms with Gasteiger partial charge in [0.25, 0.3) is 5.56 Å². The number of fused-ring (bicyclic) bond motifs is 1. The highest BCUT2D eigenvalue weighted by molar-refractivity contribution is 7.99. The summed E-state index contributed by atoms with van der Waals surface area (Å²) in [5.74, 6) is -0.693. The number of rotatable bonds is 6. The predicted octanol–water partition coefficient (Wildman–Crippen LogP) is 4.98. The van der Waals surface area contributed by atoms with Crippen LogP contribution in [0.25, 0.3) is 10.9 Å². The van der Waals surface area contributed by atoms with Gasteiger partial charge in [0.2, 0.25) is 5.91 Å².